The Morgan fingerprint density at radius 3 is 2.00 bits per heavy atom. The second kappa shape index (κ2) is 13.1. The number of rotatable bonds is 6. The lowest BCUT2D eigenvalue weighted by atomic mass is 9.83. The van der Waals surface area contributed by atoms with Gasteiger partial charge in [0.15, 0.2) is 5.82 Å². The van der Waals surface area contributed by atoms with Gasteiger partial charge in [-0.15, -0.1) is 0 Å². The zero-order chi connectivity index (χ0) is 36.0. The Balaban J connectivity index is 1.08. The molecule has 0 fully saturated rings. The molecule has 1 unspecified atom stereocenters. The van der Waals surface area contributed by atoms with E-state index in [1.165, 1.54) is 55.3 Å². The number of hydrogen-bond donors (Lipinski definition) is 0. The second-order valence-electron chi connectivity index (χ2n) is 14.0. The molecule has 252 valence electrons. The Morgan fingerprint density at radius 2 is 1.22 bits per heavy atom. The first kappa shape index (κ1) is 31.6. The molecule has 0 spiro atoms. The van der Waals surface area contributed by atoms with Crippen molar-refractivity contribution in [3.63, 3.8) is 0 Å². The summed E-state index contributed by atoms with van der Waals surface area (Å²) >= 11 is 0. The molecule has 3 heteroatoms. The fraction of sp³-hybridized carbons (Fsp3) is 0.0392. The van der Waals surface area contributed by atoms with Gasteiger partial charge in [0, 0.05) is 22.6 Å². The summed E-state index contributed by atoms with van der Waals surface area (Å²) in [6.07, 6.45) is 7.71. The fourth-order valence-corrected chi connectivity index (χ4v) is 8.29. The van der Waals surface area contributed by atoms with Gasteiger partial charge in [-0.25, -0.2) is 9.97 Å². The van der Waals surface area contributed by atoms with Gasteiger partial charge < -0.3 is 0 Å². The molecule has 0 saturated heterocycles. The van der Waals surface area contributed by atoms with E-state index in [0.29, 0.717) is 11.4 Å². The predicted molar refractivity (Wildman–Crippen MR) is 221 cm³/mol. The molecule has 0 saturated carbocycles. The van der Waals surface area contributed by atoms with Gasteiger partial charge in [0.1, 0.15) is 0 Å². The van der Waals surface area contributed by atoms with E-state index < -0.39 is 0 Å². The van der Waals surface area contributed by atoms with Crippen molar-refractivity contribution in [1.29, 1.82) is 5.26 Å². The van der Waals surface area contributed by atoms with Crippen LogP contribution in [0.1, 0.15) is 33.7 Å². The standard InChI is InChI=1S/C51H33N3/c52-32-33-24-26-34(27-25-33)41-22-10-18-39-29-45-43-19-7-8-20-44(43)46(30-47(45)50(39)41)42-23-11-21-40(42)37-16-9-17-38(28-37)49-31-48(35-12-3-1-4-13-35)53-51(54-49)36-14-5-2-6-15-36/h1-28,30-31,40H,29H2. The third-order valence-corrected chi connectivity index (χ3v) is 10.9. The highest BCUT2D eigenvalue weighted by atomic mass is 14.9. The maximum Gasteiger partial charge on any atom is 0.160 e. The van der Waals surface area contributed by atoms with E-state index in [0.717, 1.165) is 40.1 Å². The summed E-state index contributed by atoms with van der Waals surface area (Å²) in [6, 6.07) is 59.7. The van der Waals surface area contributed by atoms with Crippen LogP contribution in [0, 0.1) is 11.3 Å². The number of nitrogens with zero attached hydrogens (tertiary/aromatic N) is 3. The molecule has 10 rings (SSSR count). The molecule has 54 heavy (non-hydrogen) atoms. The van der Waals surface area contributed by atoms with Crippen molar-refractivity contribution < 1.29 is 0 Å². The molecule has 0 radical (unpaired) electrons. The molecule has 1 heterocycles. The molecule has 2 aliphatic carbocycles. The van der Waals surface area contributed by atoms with Gasteiger partial charge in [-0.2, -0.15) is 5.26 Å². The van der Waals surface area contributed by atoms with E-state index in [1.807, 2.05) is 36.4 Å². The molecule has 1 aromatic heterocycles. The van der Waals surface area contributed by atoms with E-state index in [9.17, 15) is 5.26 Å². The Labute approximate surface area is 314 Å². The van der Waals surface area contributed by atoms with Crippen molar-refractivity contribution in [3.8, 4) is 62.2 Å². The maximum atomic E-state index is 9.44. The van der Waals surface area contributed by atoms with Gasteiger partial charge in [-0.3, -0.25) is 0 Å². The minimum absolute atomic E-state index is 0.0741. The summed E-state index contributed by atoms with van der Waals surface area (Å²) in [7, 11) is 0. The zero-order valence-corrected chi connectivity index (χ0v) is 29.4. The molecule has 3 nitrogen and oxygen atoms in total. The molecule has 7 aromatic carbocycles. The summed E-state index contributed by atoms with van der Waals surface area (Å²) < 4.78 is 0. The number of fused-ring (bicyclic) bond motifs is 5. The SMILES string of the molecule is N#Cc1ccc(-c2cccc3c2-c2cc(C4=CC=CC4c4cccc(-c5cc(-c6ccccc6)nc(-c6ccccc6)n5)c4)c4ccccc4c2C3)cc1. The lowest BCUT2D eigenvalue weighted by Gasteiger charge is -2.20. The first-order chi connectivity index (χ1) is 26.7. The van der Waals surface area contributed by atoms with E-state index in [4.69, 9.17) is 9.97 Å². The van der Waals surface area contributed by atoms with Gasteiger partial charge in [-0.05, 0) is 97.6 Å². The molecule has 2 aliphatic rings. The Morgan fingerprint density at radius 1 is 0.537 bits per heavy atom. The lowest BCUT2D eigenvalue weighted by Crippen LogP contribution is -2.00. The van der Waals surface area contributed by atoms with Crippen LogP contribution in [0.2, 0.25) is 0 Å². The van der Waals surface area contributed by atoms with Gasteiger partial charge in [0.05, 0.1) is 23.0 Å². The predicted octanol–water partition coefficient (Wildman–Crippen LogP) is 12.5. The Bertz CT molecular complexity index is 2780. The largest absolute Gasteiger partial charge is 0.228 e. The number of hydrogen-bond acceptors (Lipinski definition) is 3. The van der Waals surface area contributed by atoms with E-state index in [2.05, 4.69) is 152 Å². The molecule has 0 bridgehead atoms. The van der Waals surface area contributed by atoms with E-state index >= 15 is 0 Å². The van der Waals surface area contributed by atoms with Crippen LogP contribution >= 0.6 is 0 Å². The number of benzene rings is 7. The van der Waals surface area contributed by atoms with Gasteiger partial charge in [0.2, 0.25) is 0 Å². The topological polar surface area (TPSA) is 49.6 Å². The highest BCUT2D eigenvalue weighted by Gasteiger charge is 2.28. The maximum absolute atomic E-state index is 9.44. The van der Waals surface area contributed by atoms with Crippen LogP contribution in [0.3, 0.4) is 0 Å². The summed E-state index contributed by atoms with van der Waals surface area (Å²) in [5.74, 6) is 0.786. The van der Waals surface area contributed by atoms with E-state index in [-0.39, 0.29) is 5.92 Å². The molecular formula is C51H33N3. The molecule has 0 N–H and O–H groups in total. The fourth-order valence-electron chi connectivity index (χ4n) is 8.29. The van der Waals surface area contributed by atoms with Crippen molar-refractivity contribution in [2.45, 2.75) is 12.3 Å². The van der Waals surface area contributed by atoms with Gasteiger partial charge in [0.25, 0.3) is 0 Å². The van der Waals surface area contributed by atoms with Crippen LogP contribution in [-0.4, -0.2) is 9.97 Å². The quantitative estimate of drug-likeness (QED) is 0.175. The molecule has 0 aliphatic heterocycles. The first-order valence-corrected chi connectivity index (χ1v) is 18.4. The molecule has 8 aromatic rings. The summed E-state index contributed by atoms with van der Waals surface area (Å²) in [6.45, 7) is 0. The summed E-state index contributed by atoms with van der Waals surface area (Å²) in [4.78, 5) is 10.1. The van der Waals surface area contributed by atoms with Crippen LogP contribution in [-0.2, 0) is 6.42 Å². The van der Waals surface area contributed by atoms with Gasteiger partial charge >= 0.3 is 0 Å². The lowest BCUT2D eigenvalue weighted by molar-refractivity contribution is 1.12. The highest BCUT2D eigenvalue weighted by molar-refractivity contribution is 6.05. The third-order valence-electron chi connectivity index (χ3n) is 10.9. The smallest absolute Gasteiger partial charge is 0.160 e. The average Bonchev–Trinajstić information content (AvgIpc) is 3.90. The first-order valence-electron chi connectivity index (χ1n) is 18.4. The summed E-state index contributed by atoms with van der Waals surface area (Å²) in [5.41, 5.74) is 17.0. The van der Waals surface area contributed by atoms with Crippen LogP contribution < -0.4 is 0 Å². The highest BCUT2D eigenvalue weighted by Crippen LogP contribution is 2.49. The molecule has 1 atom stereocenters. The monoisotopic (exact) mass is 687 g/mol. The minimum atomic E-state index is 0.0741. The van der Waals surface area contributed by atoms with Crippen molar-refractivity contribution in [2.75, 3.05) is 0 Å². The van der Waals surface area contributed by atoms with Crippen LogP contribution in [0.5, 0.6) is 0 Å². The number of aromatic nitrogens is 2. The third kappa shape index (κ3) is 5.44. The van der Waals surface area contributed by atoms with Crippen molar-refractivity contribution in [1.82, 2.24) is 9.97 Å². The van der Waals surface area contributed by atoms with Crippen LogP contribution in [0.4, 0.5) is 0 Å². The van der Waals surface area contributed by atoms with Crippen LogP contribution in [0.25, 0.3) is 72.5 Å². The number of nitriles is 1. The minimum Gasteiger partial charge on any atom is -0.228 e. The number of allylic oxidation sites excluding steroid dienone is 4. The van der Waals surface area contributed by atoms with Crippen molar-refractivity contribution in [3.05, 3.63) is 210 Å². The van der Waals surface area contributed by atoms with Crippen molar-refractivity contribution in [2.24, 2.45) is 0 Å². The zero-order valence-electron chi connectivity index (χ0n) is 29.4. The summed E-state index contributed by atoms with van der Waals surface area (Å²) in [5, 5.41) is 12.0. The van der Waals surface area contributed by atoms with Gasteiger partial charge in [-0.1, -0.05) is 152 Å². The van der Waals surface area contributed by atoms with Crippen molar-refractivity contribution >= 4 is 16.3 Å². The second-order valence-corrected chi connectivity index (χ2v) is 14.0. The molecule has 0 amide bonds. The normalized spacial score (nSPS) is 14.1. The van der Waals surface area contributed by atoms with E-state index in [1.54, 1.807) is 0 Å². The Hall–Kier alpha value is -7.15. The Kier molecular flexibility index (Phi) is 7.67. The average molecular weight is 688 g/mol. The van der Waals surface area contributed by atoms with Crippen LogP contribution in [0.15, 0.2) is 182 Å². The molecular weight excluding hydrogens is 655 g/mol.